The van der Waals surface area contributed by atoms with Gasteiger partial charge in [0.05, 0.1) is 18.5 Å². The van der Waals surface area contributed by atoms with Crippen molar-refractivity contribution in [3.63, 3.8) is 0 Å². The van der Waals surface area contributed by atoms with Crippen LogP contribution < -0.4 is 11.1 Å². The van der Waals surface area contributed by atoms with E-state index in [-0.39, 0.29) is 54.1 Å². The van der Waals surface area contributed by atoms with Crippen LogP contribution in [0.15, 0.2) is 72.8 Å². The Balaban J connectivity index is 1.27. The first-order chi connectivity index (χ1) is 25.3. The quantitative estimate of drug-likeness (QED) is 0.222. The number of carbonyl (C=O) groups is 4. The third-order valence-electron chi connectivity index (χ3n) is 11.8. The van der Waals surface area contributed by atoms with Crippen molar-refractivity contribution in [2.75, 3.05) is 26.2 Å². The van der Waals surface area contributed by atoms with Gasteiger partial charge in [-0.3, -0.25) is 24.1 Å². The van der Waals surface area contributed by atoms with Gasteiger partial charge in [0.25, 0.3) is 11.8 Å². The minimum Gasteiger partial charge on any atom is -0.508 e. The summed E-state index contributed by atoms with van der Waals surface area (Å²) in [6.07, 6.45) is 5.94. The van der Waals surface area contributed by atoms with E-state index in [0.717, 1.165) is 62.7 Å². The molecule has 4 N–H and O–H groups in total. The summed E-state index contributed by atoms with van der Waals surface area (Å²) in [5, 5.41) is 13.6. The molecule has 0 spiro atoms. The van der Waals surface area contributed by atoms with Crippen molar-refractivity contribution in [1.82, 2.24) is 20.0 Å². The van der Waals surface area contributed by atoms with Crippen LogP contribution in [0.1, 0.15) is 116 Å². The highest BCUT2D eigenvalue weighted by Crippen LogP contribution is 2.45. The van der Waals surface area contributed by atoms with Crippen LogP contribution in [0, 0.1) is 11.3 Å². The number of phenolic OH excluding ortho intramolecular Hbond substituents is 1. The average molecular weight is 722 g/mol. The van der Waals surface area contributed by atoms with Crippen LogP contribution in [0.3, 0.4) is 0 Å². The molecule has 2 aliphatic heterocycles. The van der Waals surface area contributed by atoms with E-state index in [1.54, 1.807) is 52.3 Å². The zero-order valence-electron chi connectivity index (χ0n) is 31.6. The number of carbonyl (C=O) groups excluding carboxylic acids is 4. The normalized spacial score (nSPS) is 23.4. The predicted molar refractivity (Wildman–Crippen MR) is 205 cm³/mol. The first-order valence-corrected chi connectivity index (χ1v) is 19.2. The van der Waals surface area contributed by atoms with Gasteiger partial charge in [0.15, 0.2) is 0 Å². The van der Waals surface area contributed by atoms with Crippen molar-refractivity contribution >= 4 is 23.6 Å². The Hall–Kier alpha value is -4.70. The minimum absolute atomic E-state index is 0.0535. The smallest absolute Gasteiger partial charge is 0.255 e. The summed E-state index contributed by atoms with van der Waals surface area (Å²) in [4.78, 5) is 60.2. The highest BCUT2D eigenvalue weighted by Gasteiger charge is 2.45. The highest BCUT2D eigenvalue weighted by atomic mass is 16.3. The summed E-state index contributed by atoms with van der Waals surface area (Å²) in [5.74, 6) is -1.12. The molecule has 53 heavy (non-hydrogen) atoms. The second-order valence-electron chi connectivity index (χ2n) is 16.2. The maximum Gasteiger partial charge on any atom is 0.255 e. The number of phenols is 1. The van der Waals surface area contributed by atoms with Gasteiger partial charge < -0.3 is 26.0 Å². The first kappa shape index (κ1) is 38.0. The zero-order chi connectivity index (χ0) is 37.9. The number of hydrogen-bond donors (Lipinski definition) is 3. The van der Waals surface area contributed by atoms with Crippen molar-refractivity contribution in [2.45, 2.75) is 96.8 Å². The van der Waals surface area contributed by atoms with Gasteiger partial charge in [-0.2, -0.15) is 0 Å². The first-order valence-electron chi connectivity index (χ1n) is 19.2. The van der Waals surface area contributed by atoms with Gasteiger partial charge in [-0.1, -0.05) is 70.2 Å². The zero-order valence-corrected chi connectivity index (χ0v) is 31.6. The van der Waals surface area contributed by atoms with E-state index in [2.05, 4.69) is 37.9 Å². The largest absolute Gasteiger partial charge is 0.508 e. The van der Waals surface area contributed by atoms with Crippen LogP contribution in [0.25, 0.3) is 0 Å². The molecule has 10 nitrogen and oxygen atoms in total. The molecule has 1 saturated heterocycles. The van der Waals surface area contributed by atoms with Gasteiger partial charge in [-0.25, -0.2) is 0 Å². The molecular formula is C43H55N5O5. The SMILES string of the molecule is CCN1CCCC1CN(CC(N)=O)C(=O)c1ccc(CN2C(=O)c3ccccc3C(C(=O)NC3CCC(C(C)(C)C)CC3)C2c2ccc(O)cc2)cc1. The van der Waals surface area contributed by atoms with Gasteiger partial charge >= 0.3 is 0 Å². The number of nitrogens with zero attached hydrogens (tertiary/aromatic N) is 3. The van der Waals surface area contributed by atoms with E-state index in [1.165, 1.54) is 0 Å². The lowest BCUT2D eigenvalue weighted by atomic mass is 9.71. The Morgan fingerprint density at radius 1 is 0.925 bits per heavy atom. The van der Waals surface area contributed by atoms with E-state index in [4.69, 9.17) is 5.73 Å². The van der Waals surface area contributed by atoms with Crippen molar-refractivity contribution < 1.29 is 24.3 Å². The molecule has 2 fully saturated rings. The van der Waals surface area contributed by atoms with Gasteiger partial charge in [-0.05, 0) is 110 Å². The van der Waals surface area contributed by atoms with Crippen LogP contribution in [0.4, 0.5) is 0 Å². The summed E-state index contributed by atoms with van der Waals surface area (Å²) < 4.78 is 0. The van der Waals surface area contributed by atoms with E-state index < -0.39 is 17.9 Å². The van der Waals surface area contributed by atoms with Crippen molar-refractivity contribution in [2.24, 2.45) is 17.1 Å². The fraction of sp³-hybridized carbons (Fsp3) is 0.488. The maximum atomic E-state index is 14.5. The Kier molecular flexibility index (Phi) is 11.6. The second-order valence-corrected chi connectivity index (χ2v) is 16.2. The number of likely N-dealkylation sites (tertiary alicyclic amines) is 1. The molecule has 282 valence electrons. The third-order valence-corrected chi connectivity index (χ3v) is 11.8. The number of aromatic hydroxyl groups is 1. The number of likely N-dealkylation sites (N-methyl/N-ethyl adjacent to an activating group) is 1. The van der Waals surface area contributed by atoms with Gasteiger partial charge in [0.2, 0.25) is 11.8 Å². The molecule has 4 amide bonds. The van der Waals surface area contributed by atoms with Gasteiger partial charge in [0, 0.05) is 36.3 Å². The molecule has 6 rings (SSSR count). The summed E-state index contributed by atoms with van der Waals surface area (Å²) in [6, 6.07) is 20.8. The monoisotopic (exact) mass is 721 g/mol. The standard InChI is InChI=1S/C43H55N5O5/c1-5-46-24-8-9-33(46)26-47(27-37(44)50)41(52)30-14-12-28(13-15-30)25-48-39(29-16-22-34(49)23-17-29)38(35-10-6-7-11-36(35)42(48)53)40(51)45-32-20-18-31(19-21-32)43(2,3)4/h6-7,10-17,22-23,31-33,38-39,49H,5,8-9,18-21,24-27H2,1-4H3,(H2,44,50)(H,45,51). The molecule has 1 aliphatic carbocycles. The second kappa shape index (κ2) is 16.1. The van der Waals surface area contributed by atoms with E-state index >= 15 is 0 Å². The number of amides is 4. The topological polar surface area (TPSA) is 136 Å². The summed E-state index contributed by atoms with van der Waals surface area (Å²) in [5.41, 5.74) is 8.93. The molecule has 10 heteroatoms. The lowest BCUT2D eigenvalue weighted by Crippen LogP contribution is -2.49. The predicted octanol–water partition coefficient (Wildman–Crippen LogP) is 6.01. The van der Waals surface area contributed by atoms with E-state index in [1.807, 2.05) is 30.3 Å². The number of hydrogen-bond acceptors (Lipinski definition) is 6. The molecule has 0 radical (unpaired) electrons. The Morgan fingerprint density at radius 2 is 1.60 bits per heavy atom. The van der Waals surface area contributed by atoms with Crippen molar-refractivity contribution in [1.29, 1.82) is 0 Å². The van der Waals surface area contributed by atoms with Crippen LogP contribution in [0.2, 0.25) is 0 Å². The number of nitrogens with two attached hydrogens (primary N) is 1. The fourth-order valence-electron chi connectivity index (χ4n) is 8.80. The molecule has 0 aromatic heterocycles. The van der Waals surface area contributed by atoms with Crippen molar-refractivity contribution in [3.05, 3.63) is 101 Å². The molecular weight excluding hydrogens is 667 g/mol. The molecule has 3 aliphatic rings. The Labute approximate surface area is 313 Å². The molecule has 1 saturated carbocycles. The average Bonchev–Trinajstić information content (AvgIpc) is 3.59. The van der Waals surface area contributed by atoms with Crippen LogP contribution >= 0.6 is 0 Å². The number of nitrogens with one attached hydrogen (secondary N) is 1. The summed E-state index contributed by atoms with van der Waals surface area (Å²) >= 11 is 0. The van der Waals surface area contributed by atoms with Crippen molar-refractivity contribution in [3.8, 4) is 5.75 Å². The number of primary amides is 1. The molecule has 3 aromatic rings. The molecule has 3 atom stereocenters. The number of fused-ring (bicyclic) bond motifs is 1. The highest BCUT2D eigenvalue weighted by molar-refractivity contribution is 6.01. The maximum absolute atomic E-state index is 14.5. The molecule has 2 heterocycles. The Morgan fingerprint density at radius 3 is 2.25 bits per heavy atom. The third kappa shape index (κ3) is 8.59. The lowest BCUT2D eigenvalue weighted by Gasteiger charge is -2.43. The van der Waals surface area contributed by atoms with Crippen LogP contribution in [0.5, 0.6) is 5.75 Å². The van der Waals surface area contributed by atoms with E-state index in [9.17, 15) is 24.3 Å². The lowest BCUT2D eigenvalue weighted by molar-refractivity contribution is -0.125. The number of benzene rings is 3. The number of rotatable bonds is 11. The molecule has 3 aromatic carbocycles. The summed E-state index contributed by atoms with van der Waals surface area (Å²) in [6.45, 7) is 11.2. The molecule has 3 unspecified atom stereocenters. The Bertz CT molecular complexity index is 1780. The minimum atomic E-state index is -0.685. The van der Waals surface area contributed by atoms with Crippen LogP contribution in [-0.2, 0) is 16.1 Å². The van der Waals surface area contributed by atoms with E-state index in [0.29, 0.717) is 29.2 Å². The van der Waals surface area contributed by atoms with Gasteiger partial charge in [-0.15, -0.1) is 0 Å². The fourth-order valence-corrected chi connectivity index (χ4v) is 8.80. The molecule has 0 bridgehead atoms. The van der Waals surface area contributed by atoms with Gasteiger partial charge in [0.1, 0.15) is 5.75 Å². The van der Waals surface area contributed by atoms with Crippen LogP contribution in [-0.4, -0.2) is 81.7 Å². The summed E-state index contributed by atoms with van der Waals surface area (Å²) in [7, 11) is 0.